The summed E-state index contributed by atoms with van der Waals surface area (Å²) in [6.45, 7) is 0. The number of fused-ring (bicyclic) bond motifs is 1. The quantitative estimate of drug-likeness (QED) is 0.714. The fraction of sp³-hybridized carbons (Fsp3) is 0.0588. The van der Waals surface area contributed by atoms with Gasteiger partial charge in [-0.3, -0.25) is 0 Å². The Morgan fingerprint density at radius 1 is 0.611 bits per heavy atom. The summed E-state index contributed by atoms with van der Waals surface area (Å²) in [6, 6.07) is 24.9. The van der Waals surface area contributed by atoms with Gasteiger partial charge in [-0.25, -0.2) is 0 Å². The minimum absolute atomic E-state index is 0.0594. The molecule has 0 radical (unpaired) electrons. The molecule has 0 aromatic heterocycles. The molecular weight excluding hydrogens is 218 g/mol. The molecule has 3 rings (SSSR count). The van der Waals surface area contributed by atoms with E-state index in [1.807, 2.05) is 18.2 Å². The Balaban J connectivity index is 2.04. The molecule has 0 saturated heterocycles. The second-order valence-corrected chi connectivity index (χ2v) is 4.49. The van der Waals surface area contributed by atoms with Crippen LogP contribution in [0.4, 0.5) is 0 Å². The van der Waals surface area contributed by atoms with Gasteiger partial charge >= 0.3 is 0 Å². The molecule has 3 aromatic rings. The number of benzene rings is 3. The molecule has 1 nitrogen and oxygen atoms in total. The fourth-order valence-electron chi connectivity index (χ4n) is 2.25. The third kappa shape index (κ3) is 2.01. The maximum atomic E-state index is 6.31. The normalized spacial score (nSPS) is 12.5. The first-order valence-electron chi connectivity index (χ1n) is 6.14. The lowest BCUT2D eigenvalue weighted by atomic mass is 9.97. The van der Waals surface area contributed by atoms with Crippen molar-refractivity contribution in [1.29, 1.82) is 0 Å². The van der Waals surface area contributed by atoms with E-state index in [9.17, 15) is 0 Å². The van der Waals surface area contributed by atoms with Gasteiger partial charge < -0.3 is 5.73 Å². The lowest BCUT2D eigenvalue weighted by Gasteiger charge is -2.13. The maximum Gasteiger partial charge on any atom is 0.0551 e. The van der Waals surface area contributed by atoms with Crippen LogP contribution in [0.1, 0.15) is 17.2 Å². The third-order valence-electron chi connectivity index (χ3n) is 3.29. The van der Waals surface area contributed by atoms with E-state index in [4.69, 9.17) is 5.73 Å². The largest absolute Gasteiger partial charge is 0.320 e. The van der Waals surface area contributed by atoms with Crippen LogP contribution in [0.3, 0.4) is 0 Å². The fourth-order valence-corrected chi connectivity index (χ4v) is 2.25. The Kier molecular flexibility index (Phi) is 2.83. The van der Waals surface area contributed by atoms with Gasteiger partial charge in [0.2, 0.25) is 0 Å². The first-order valence-corrected chi connectivity index (χ1v) is 6.14. The molecule has 0 saturated carbocycles. The van der Waals surface area contributed by atoms with E-state index in [0.717, 1.165) is 11.1 Å². The molecule has 0 fully saturated rings. The second kappa shape index (κ2) is 4.63. The zero-order valence-corrected chi connectivity index (χ0v) is 10.1. The summed E-state index contributed by atoms with van der Waals surface area (Å²) in [7, 11) is 0. The summed E-state index contributed by atoms with van der Waals surface area (Å²) >= 11 is 0. The Morgan fingerprint density at radius 2 is 1.28 bits per heavy atom. The van der Waals surface area contributed by atoms with Gasteiger partial charge in [0, 0.05) is 0 Å². The number of nitrogens with two attached hydrogens (primary N) is 1. The minimum atomic E-state index is -0.0594. The van der Waals surface area contributed by atoms with Gasteiger partial charge in [-0.15, -0.1) is 0 Å². The van der Waals surface area contributed by atoms with E-state index in [-0.39, 0.29) is 6.04 Å². The molecule has 0 aliphatic carbocycles. The lowest BCUT2D eigenvalue weighted by molar-refractivity contribution is 0.873. The van der Waals surface area contributed by atoms with Crippen LogP contribution in [0.25, 0.3) is 10.8 Å². The summed E-state index contributed by atoms with van der Waals surface area (Å²) in [5, 5.41) is 2.49. The average Bonchev–Trinajstić information content (AvgIpc) is 2.47. The van der Waals surface area contributed by atoms with E-state index in [1.54, 1.807) is 0 Å². The van der Waals surface area contributed by atoms with E-state index < -0.39 is 0 Å². The summed E-state index contributed by atoms with van der Waals surface area (Å²) in [4.78, 5) is 0. The van der Waals surface area contributed by atoms with Crippen molar-refractivity contribution in [3.8, 4) is 0 Å². The lowest BCUT2D eigenvalue weighted by Crippen LogP contribution is -2.11. The van der Waals surface area contributed by atoms with Crippen LogP contribution in [0.5, 0.6) is 0 Å². The van der Waals surface area contributed by atoms with Gasteiger partial charge in [-0.1, -0.05) is 66.7 Å². The van der Waals surface area contributed by atoms with E-state index in [0.29, 0.717) is 0 Å². The first kappa shape index (κ1) is 11.0. The van der Waals surface area contributed by atoms with Gasteiger partial charge in [0.15, 0.2) is 0 Å². The van der Waals surface area contributed by atoms with Crippen LogP contribution in [0.15, 0.2) is 72.8 Å². The van der Waals surface area contributed by atoms with Crippen molar-refractivity contribution in [1.82, 2.24) is 0 Å². The highest BCUT2D eigenvalue weighted by atomic mass is 14.6. The average molecular weight is 233 g/mol. The van der Waals surface area contributed by atoms with Crippen molar-refractivity contribution < 1.29 is 0 Å². The molecule has 0 bridgehead atoms. The SMILES string of the molecule is N[C@@H](c1ccccc1)c1ccc2ccccc2c1. The molecule has 1 atom stereocenters. The van der Waals surface area contributed by atoms with E-state index in [2.05, 4.69) is 54.6 Å². The Morgan fingerprint density at radius 3 is 2.06 bits per heavy atom. The van der Waals surface area contributed by atoms with Crippen molar-refractivity contribution >= 4 is 10.8 Å². The predicted octanol–water partition coefficient (Wildman–Crippen LogP) is 3.89. The van der Waals surface area contributed by atoms with Gasteiger partial charge in [-0.05, 0) is 28.0 Å². The summed E-state index contributed by atoms with van der Waals surface area (Å²) in [6.07, 6.45) is 0. The molecule has 0 amide bonds. The third-order valence-corrected chi connectivity index (χ3v) is 3.29. The monoisotopic (exact) mass is 233 g/mol. The highest BCUT2D eigenvalue weighted by Gasteiger charge is 2.08. The van der Waals surface area contributed by atoms with Gasteiger partial charge in [0.25, 0.3) is 0 Å². The maximum absolute atomic E-state index is 6.31. The molecule has 18 heavy (non-hydrogen) atoms. The van der Waals surface area contributed by atoms with Crippen LogP contribution >= 0.6 is 0 Å². The number of hydrogen-bond donors (Lipinski definition) is 1. The van der Waals surface area contributed by atoms with Crippen molar-refractivity contribution in [3.05, 3.63) is 83.9 Å². The molecule has 3 aromatic carbocycles. The summed E-state index contributed by atoms with van der Waals surface area (Å²) in [5.41, 5.74) is 8.61. The zero-order valence-electron chi connectivity index (χ0n) is 10.1. The van der Waals surface area contributed by atoms with Gasteiger partial charge in [0.1, 0.15) is 0 Å². The van der Waals surface area contributed by atoms with Crippen LogP contribution in [-0.2, 0) is 0 Å². The van der Waals surface area contributed by atoms with Gasteiger partial charge in [0.05, 0.1) is 6.04 Å². The van der Waals surface area contributed by atoms with Crippen LogP contribution in [0, 0.1) is 0 Å². The zero-order chi connectivity index (χ0) is 12.4. The molecule has 0 aliphatic rings. The van der Waals surface area contributed by atoms with Crippen molar-refractivity contribution in [2.24, 2.45) is 5.73 Å². The standard InChI is InChI=1S/C17H15N/c18-17(14-7-2-1-3-8-14)16-11-10-13-6-4-5-9-15(13)12-16/h1-12,17H,18H2/t17-/m0/s1. The molecule has 0 aliphatic heterocycles. The smallest absolute Gasteiger partial charge is 0.0551 e. The predicted molar refractivity (Wildman–Crippen MR) is 76.4 cm³/mol. The van der Waals surface area contributed by atoms with Crippen LogP contribution in [0.2, 0.25) is 0 Å². The van der Waals surface area contributed by atoms with Crippen LogP contribution < -0.4 is 5.73 Å². The number of hydrogen-bond acceptors (Lipinski definition) is 1. The Labute approximate surface area is 107 Å². The molecular formula is C17H15N. The highest BCUT2D eigenvalue weighted by Crippen LogP contribution is 2.23. The second-order valence-electron chi connectivity index (χ2n) is 4.49. The Hall–Kier alpha value is -2.12. The summed E-state index contributed by atoms with van der Waals surface area (Å²) < 4.78 is 0. The number of rotatable bonds is 2. The van der Waals surface area contributed by atoms with Crippen molar-refractivity contribution in [3.63, 3.8) is 0 Å². The van der Waals surface area contributed by atoms with E-state index >= 15 is 0 Å². The summed E-state index contributed by atoms with van der Waals surface area (Å²) in [5.74, 6) is 0. The first-order chi connectivity index (χ1) is 8.84. The molecule has 88 valence electrons. The molecule has 0 unspecified atom stereocenters. The van der Waals surface area contributed by atoms with Crippen molar-refractivity contribution in [2.45, 2.75) is 6.04 Å². The highest BCUT2D eigenvalue weighted by molar-refractivity contribution is 5.83. The molecule has 2 N–H and O–H groups in total. The molecule has 0 spiro atoms. The minimum Gasteiger partial charge on any atom is -0.320 e. The molecule has 1 heteroatoms. The van der Waals surface area contributed by atoms with Gasteiger partial charge in [-0.2, -0.15) is 0 Å². The topological polar surface area (TPSA) is 26.0 Å². The Bertz CT molecular complexity index is 659. The van der Waals surface area contributed by atoms with Crippen molar-refractivity contribution in [2.75, 3.05) is 0 Å². The van der Waals surface area contributed by atoms with Crippen LogP contribution in [-0.4, -0.2) is 0 Å². The molecule has 0 heterocycles. The van der Waals surface area contributed by atoms with E-state index in [1.165, 1.54) is 10.8 Å².